The number of amides is 1. The van der Waals surface area contributed by atoms with Crippen LogP contribution in [0.2, 0.25) is 5.02 Å². The van der Waals surface area contributed by atoms with Crippen LogP contribution in [0.15, 0.2) is 18.2 Å². The fourth-order valence-corrected chi connectivity index (χ4v) is 1.78. The highest BCUT2D eigenvalue weighted by atomic mass is 35.5. The largest absolute Gasteiger partial charge is 0.398 e. The Balaban J connectivity index is 2.34. The van der Waals surface area contributed by atoms with Crippen LogP contribution in [-0.2, 0) is 0 Å². The van der Waals surface area contributed by atoms with Crippen molar-refractivity contribution in [3.63, 3.8) is 0 Å². The first kappa shape index (κ1) is 14.8. The molecule has 1 rings (SSSR count). The first-order valence-corrected chi connectivity index (χ1v) is 6.71. The lowest BCUT2D eigenvalue weighted by molar-refractivity contribution is 0.0953. The van der Waals surface area contributed by atoms with E-state index < -0.39 is 0 Å². The number of anilines is 1. The number of halogens is 1. The Bertz CT molecular complexity index is 405. The van der Waals surface area contributed by atoms with Crippen molar-refractivity contribution in [3.8, 4) is 0 Å². The van der Waals surface area contributed by atoms with E-state index in [1.54, 1.807) is 18.2 Å². The Morgan fingerprint density at radius 2 is 2.11 bits per heavy atom. The normalized spacial score (nSPS) is 10.7. The van der Waals surface area contributed by atoms with Gasteiger partial charge in [0.05, 0.1) is 10.7 Å². The summed E-state index contributed by atoms with van der Waals surface area (Å²) < 4.78 is 0. The van der Waals surface area contributed by atoms with Gasteiger partial charge in [-0.05, 0) is 30.5 Å². The van der Waals surface area contributed by atoms with Crippen LogP contribution in [0.1, 0.15) is 43.5 Å². The molecule has 1 aromatic rings. The first-order chi connectivity index (χ1) is 8.50. The van der Waals surface area contributed by atoms with E-state index in [1.165, 1.54) is 6.42 Å². The quantitative estimate of drug-likeness (QED) is 0.613. The molecule has 0 aliphatic carbocycles. The third kappa shape index (κ3) is 4.96. The second-order valence-electron chi connectivity index (χ2n) is 4.88. The molecule has 100 valence electrons. The average Bonchev–Trinajstić information content (AvgIpc) is 2.31. The number of benzene rings is 1. The van der Waals surface area contributed by atoms with E-state index >= 15 is 0 Å². The standard InChI is InChI=1S/C14H21ClN2O/c1-10(2)5-3-4-8-17-14(18)11-6-7-12(15)13(16)9-11/h6-7,9-10H,3-5,8,16H2,1-2H3,(H,17,18). The molecule has 4 heteroatoms. The monoisotopic (exact) mass is 268 g/mol. The second kappa shape index (κ2) is 7.27. The van der Waals surface area contributed by atoms with Crippen molar-refractivity contribution in [3.05, 3.63) is 28.8 Å². The zero-order valence-electron chi connectivity index (χ0n) is 11.0. The van der Waals surface area contributed by atoms with E-state index in [-0.39, 0.29) is 5.91 Å². The summed E-state index contributed by atoms with van der Waals surface area (Å²) in [5.41, 5.74) is 6.65. The van der Waals surface area contributed by atoms with Crippen LogP contribution < -0.4 is 11.1 Å². The molecular weight excluding hydrogens is 248 g/mol. The average molecular weight is 269 g/mol. The number of nitrogens with one attached hydrogen (secondary N) is 1. The third-order valence-corrected chi connectivity index (χ3v) is 3.10. The molecule has 0 atom stereocenters. The number of carbonyl (C=O) groups excluding carboxylic acids is 1. The van der Waals surface area contributed by atoms with Crippen molar-refractivity contribution >= 4 is 23.2 Å². The minimum atomic E-state index is -0.0945. The summed E-state index contributed by atoms with van der Waals surface area (Å²) in [6, 6.07) is 4.93. The van der Waals surface area contributed by atoms with Gasteiger partial charge in [-0.1, -0.05) is 38.3 Å². The predicted molar refractivity (Wildman–Crippen MR) is 76.9 cm³/mol. The van der Waals surface area contributed by atoms with Crippen LogP contribution in [0.3, 0.4) is 0 Å². The van der Waals surface area contributed by atoms with Crippen molar-refractivity contribution in [1.29, 1.82) is 0 Å². The van der Waals surface area contributed by atoms with Crippen LogP contribution in [0.4, 0.5) is 5.69 Å². The van der Waals surface area contributed by atoms with Crippen molar-refractivity contribution in [2.24, 2.45) is 5.92 Å². The SMILES string of the molecule is CC(C)CCCCNC(=O)c1ccc(Cl)c(N)c1. The molecule has 0 aromatic heterocycles. The molecule has 3 nitrogen and oxygen atoms in total. The van der Waals surface area contributed by atoms with E-state index in [9.17, 15) is 4.79 Å². The van der Waals surface area contributed by atoms with Gasteiger partial charge < -0.3 is 11.1 Å². The Hall–Kier alpha value is -1.22. The molecule has 18 heavy (non-hydrogen) atoms. The highest BCUT2D eigenvalue weighted by Crippen LogP contribution is 2.19. The van der Waals surface area contributed by atoms with Crippen molar-refractivity contribution in [1.82, 2.24) is 5.32 Å². The van der Waals surface area contributed by atoms with Crippen LogP contribution in [0, 0.1) is 5.92 Å². The highest BCUT2D eigenvalue weighted by molar-refractivity contribution is 6.33. The lowest BCUT2D eigenvalue weighted by Crippen LogP contribution is -2.24. The number of rotatable bonds is 6. The smallest absolute Gasteiger partial charge is 0.251 e. The molecule has 0 unspecified atom stereocenters. The summed E-state index contributed by atoms with van der Waals surface area (Å²) >= 11 is 5.80. The minimum Gasteiger partial charge on any atom is -0.398 e. The Morgan fingerprint density at radius 1 is 1.39 bits per heavy atom. The number of hydrogen-bond acceptors (Lipinski definition) is 2. The van der Waals surface area contributed by atoms with Gasteiger partial charge in [-0.3, -0.25) is 4.79 Å². The van der Waals surface area contributed by atoms with Gasteiger partial charge in [-0.15, -0.1) is 0 Å². The molecule has 0 aliphatic heterocycles. The molecule has 0 saturated carbocycles. The fourth-order valence-electron chi connectivity index (χ4n) is 1.67. The van der Waals surface area contributed by atoms with Gasteiger partial charge in [0.25, 0.3) is 5.91 Å². The van der Waals surface area contributed by atoms with Crippen LogP contribution in [0.25, 0.3) is 0 Å². The van der Waals surface area contributed by atoms with Crippen molar-refractivity contribution < 1.29 is 4.79 Å². The lowest BCUT2D eigenvalue weighted by Gasteiger charge is -2.07. The Labute approximate surface area is 114 Å². The maximum absolute atomic E-state index is 11.8. The summed E-state index contributed by atoms with van der Waals surface area (Å²) in [7, 11) is 0. The molecule has 0 bridgehead atoms. The molecule has 0 fully saturated rings. The van der Waals surface area contributed by atoms with E-state index in [1.807, 2.05) is 0 Å². The lowest BCUT2D eigenvalue weighted by atomic mass is 10.1. The maximum Gasteiger partial charge on any atom is 0.251 e. The molecule has 0 spiro atoms. The third-order valence-electron chi connectivity index (χ3n) is 2.75. The van der Waals surface area contributed by atoms with Crippen LogP contribution in [0.5, 0.6) is 0 Å². The van der Waals surface area contributed by atoms with E-state index in [2.05, 4.69) is 19.2 Å². The maximum atomic E-state index is 11.8. The molecule has 1 aromatic carbocycles. The molecule has 0 saturated heterocycles. The molecule has 0 radical (unpaired) electrons. The Kier molecular flexibility index (Phi) is 5.99. The first-order valence-electron chi connectivity index (χ1n) is 6.34. The van der Waals surface area contributed by atoms with Gasteiger partial charge in [0, 0.05) is 12.1 Å². The molecule has 3 N–H and O–H groups in total. The Morgan fingerprint density at radius 3 is 2.72 bits per heavy atom. The van der Waals surface area contributed by atoms with Gasteiger partial charge in [-0.2, -0.15) is 0 Å². The molecule has 1 amide bonds. The van der Waals surface area contributed by atoms with E-state index in [0.29, 0.717) is 22.8 Å². The van der Waals surface area contributed by atoms with Crippen LogP contribution >= 0.6 is 11.6 Å². The number of unbranched alkanes of at least 4 members (excludes halogenated alkanes) is 1. The number of nitrogen functional groups attached to an aromatic ring is 1. The number of hydrogen-bond donors (Lipinski definition) is 2. The summed E-state index contributed by atoms with van der Waals surface area (Å²) in [5.74, 6) is 0.625. The summed E-state index contributed by atoms with van der Waals surface area (Å²) in [6.45, 7) is 5.11. The van der Waals surface area contributed by atoms with E-state index in [0.717, 1.165) is 18.8 Å². The zero-order chi connectivity index (χ0) is 13.5. The molecule has 0 aliphatic rings. The number of nitrogens with two attached hydrogens (primary N) is 1. The number of carbonyl (C=O) groups is 1. The fraction of sp³-hybridized carbons (Fsp3) is 0.500. The van der Waals surface area contributed by atoms with Gasteiger partial charge in [0.1, 0.15) is 0 Å². The van der Waals surface area contributed by atoms with Gasteiger partial charge >= 0.3 is 0 Å². The second-order valence-corrected chi connectivity index (χ2v) is 5.29. The summed E-state index contributed by atoms with van der Waals surface area (Å²) in [4.78, 5) is 11.8. The van der Waals surface area contributed by atoms with Crippen LogP contribution in [-0.4, -0.2) is 12.5 Å². The van der Waals surface area contributed by atoms with E-state index in [4.69, 9.17) is 17.3 Å². The minimum absolute atomic E-state index is 0.0945. The van der Waals surface area contributed by atoms with Crippen molar-refractivity contribution in [2.45, 2.75) is 33.1 Å². The van der Waals surface area contributed by atoms with Crippen molar-refractivity contribution in [2.75, 3.05) is 12.3 Å². The van der Waals surface area contributed by atoms with Gasteiger partial charge in [-0.25, -0.2) is 0 Å². The zero-order valence-corrected chi connectivity index (χ0v) is 11.8. The predicted octanol–water partition coefficient (Wildman–Crippen LogP) is 3.48. The van der Waals surface area contributed by atoms with Gasteiger partial charge in [0.2, 0.25) is 0 Å². The topological polar surface area (TPSA) is 55.1 Å². The molecule has 0 heterocycles. The summed E-state index contributed by atoms with van der Waals surface area (Å²) in [5, 5.41) is 3.36. The molecular formula is C14H21ClN2O. The van der Waals surface area contributed by atoms with Gasteiger partial charge in [0.15, 0.2) is 0 Å². The summed E-state index contributed by atoms with van der Waals surface area (Å²) in [6.07, 6.45) is 3.34. The highest BCUT2D eigenvalue weighted by Gasteiger charge is 2.06.